The number of rotatable bonds is 6. The van der Waals surface area contributed by atoms with Gasteiger partial charge in [-0.05, 0) is 55.7 Å². The molecular weight excluding hydrogens is 340 g/mol. The summed E-state index contributed by atoms with van der Waals surface area (Å²) in [6.45, 7) is 3.23. The second-order valence-electron chi connectivity index (χ2n) is 7.45. The molecule has 1 N–H and O–H groups in total. The van der Waals surface area contributed by atoms with Crippen LogP contribution in [0, 0.1) is 0 Å². The van der Waals surface area contributed by atoms with Crippen LogP contribution in [0.25, 0.3) is 0 Å². The van der Waals surface area contributed by atoms with Gasteiger partial charge in [0.15, 0.2) is 5.11 Å². The number of hydrogen-bond donors (Lipinski definition) is 1. The lowest BCUT2D eigenvalue weighted by Crippen LogP contribution is -2.31. The Morgan fingerprint density at radius 3 is 2.77 bits per heavy atom. The number of hydrogen-bond acceptors (Lipinski definition) is 2. The first-order valence-electron chi connectivity index (χ1n) is 9.94. The van der Waals surface area contributed by atoms with Gasteiger partial charge in [0.2, 0.25) is 0 Å². The van der Waals surface area contributed by atoms with Crippen LogP contribution in [0.15, 0.2) is 42.7 Å². The van der Waals surface area contributed by atoms with Crippen molar-refractivity contribution in [3.63, 3.8) is 0 Å². The van der Waals surface area contributed by atoms with E-state index >= 15 is 0 Å². The van der Waals surface area contributed by atoms with E-state index in [-0.39, 0.29) is 12.1 Å². The Morgan fingerprint density at radius 1 is 1.19 bits per heavy atom. The lowest BCUT2D eigenvalue weighted by atomic mass is 10.0. The minimum Gasteiger partial charge on any atom is -0.352 e. The summed E-state index contributed by atoms with van der Waals surface area (Å²) in [7, 11) is 0. The number of pyridine rings is 1. The van der Waals surface area contributed by atoms with Crippen molar-refractivity contribution in [2.24, 2.45) is 0 Å². The third kappa shape index (κ3) is 3.25. The van der Waals surface area contributed by atoms with Crippen molar-refractivity contribution < 1.29 is 0 Å². The molecule has 1 saturated carbocycles. The lowest BCUT2D eigenvalue weighted by molar-refractivity contribution is 0.292. The predicted molar refractivity (Wildman–Crippen MR) is 109 cm³/mol. The van der Waals surface area contributed by atoms with Gasteiger partial charge in [0.05, 0.1) is 17.8 Å². The molecule has 1 saturated heterocycles. The molecule has 0 unspecified atom stereocenters. The van der Waals surface area contributed by atoms with Crippen LogP contribution >= 0.6 is 12.2 Å². The summed E-state index contributed by atoms with van der Waals surface area (Å²) < 4.78 is 2.52. The van der Waals surface area contributed by atoms with Gasteiger partial charge >= 0.3 is 0 Å². The van der Waals surface area contributed by atoms with E-state index in [0.29, 0.717) is 6.04 Å². The van der Waals surface area contributed by atoms with Crippen molar-refractivity contribution in [2.45, 2.75) is 63.6 Å². The van der Waals surface area contributed by atoms with E-state index < -0.39 is 0 Å². The minimum absolute atomic E-state index is 0.107. The third-order valence-corrected chi connectivity index (χ3v) is 6.14. The van der Waals surface area contributed by atoms with Crippen LogP contribution in [0.2, 0.25) is 0 Å². The Morgan fingerprint density at radius 2 is 2.04 bits per heavy atom. The lowest BCUT2D eigenvalue weighted by Gasteiger charge is -2.30. The van der Waals surface area contributed by atoms with Gasteiger partial charge in [-0.25, -0.2) is 0 Å². The summed E-state index contributed by atoms with van der Waals surface area (Å²) in [6.07, 6.45) is 11.7. The molecule has 26 heavy (non-hydrogen) atoms. The van der Waals surface area contributed by atoms with E-state index in [1.54, 1.807) is 0 Å². The number of thiocarbonyl (C=S) groups is 1. The maximum atomic E-state index is 5.74. The van der Waals surface area contributed by atoms with Crippen LogP contribution in [-0.4, -0.2) is 26.1 Å². The smallest absolute Gasteiger partial charge is 0.170 e. The highest BCUT2D eigenvalue weighted by atomic mass is 32.1. The summed E-state index contributed by atoms with van der Waals surface area (Å²) in [6, 6.07) is 11.6. The zero-order valence-electron chi connectivity index (χ0n) is 15.5. The molecule has 1 aliphatic carbocycles. The van der Waals surface area contributed by atoms with Gasteiger partial charge in [-0.3, -0.25) is 4.98 Å². The first-order chi connectivity index (χ1) is 12.8. The summed E-state index contributed by atoms with van der Waals surface area (Å²) in [5.41, 5.74) is 2.44. The first kappa shape index (κ1) is 17.5. The van der Waals surface area contributed by atoms with Crippen molar-refractivity contribution in [3.8, 4) is 0 Å². The molecular formula is C21H28N4S. The van der Waals surface area contributed by atoms with Crippen molar-refractivity contribution in [1.82, 2.24) is 19.8 Å². The normalized spacial score (nSPS) is 23.6. The number of aromatic nitrogens is 2. The fraction of sp³-hybridized carbons (Fsp3) is 0.524. The molecule has 0 aromatic carbocycles. The molecule has 0 bridgehead atoms. The SMILES string of the molecule is CCCCN1C(=S)N[C@@H](c2ccccn2)[C@H]1c1cccn1C1CCCC1. The minimum atomic E-state index is 0.107. The highest BCUT2D eigenvalue weighted by molar-refractivity contribution is 7.80. The first-order valence-corrected chi connectivity index (χ1v) is 10.3. The van der Waals surface area contributed by atoms with Crippen molar-refractivity contribution in [1.29, 1.82) is 0 Å². The van der Waals surface area contributed by atoms with E-state index in [1.165, 1.54) is 37.8 Å². The second-order valence-corrected chi connectivity index (χ2v) is 7.84. The molecule has 2 fully saturated rings. The number of nitrogens with one attached hydrogen (secondary N) is 1. The van der Waals surface area contributed by atoms with Crippen LogP contribution in [0.4, 0.5) is 0 Å². The Bertz CT molecular complexity index is 735. The van der Waals surface area contributed by atoms with Gasteiger partial charge < -0.3 is 14.8 Å². The molecule has 138 valence electrons. The van der Waals surface area contributed by atoms with E-state index in [0.717, 1.165) is 23.8 Å². The van der Waals surface area contributed by atoms with Crippen molar-refractivity contribution >= 4 is 17.3 Å². The summed E-state index contributed by atoms with van der Waals surface area (Å²) >= 11 is 5.74. The fourth-order valence-electron chi connectivity index (χ4n) is 4.47. The molecule has 0 spiro atoms. The van der Waals surface area contributed by atoms with Gasteiger partial charge in [-0.2, -0.15) is 0 Å². The Kier molecular flexibility index (Phi) is 5.25. The number of nitrogens with zero attached hydrogens (tertiary/aromatic N) is 3. The molecule has 4 nitrogen and oxygen atoms in total. The van der Waals surface area contributed by atoms with E-state index in [4.69, 9.17) is 12.2 Å². The topological polar surface area (TPSA) is 33.1 Å². The predicted octanol–water partition coefficient (Wildman–Crippen LogP) is 4.77. The van der Waals surface area contributed by atoms with Gasteiger partial charge in [-0.1, -0.05) is 32.3 Å². The highest BCUT2D eigenvalue weighted by Crippen LogP contribution is 2.41. The summed E-state index contributed by atoms with van der Waals surface area (Å²) in [5.74, 6) is 0. The van der Waals surface area contributed by atoms with Gasteiger partial charge in [0.25, 0.3) is 0 Å². The molecule has 4 rings (SSSR count). The Hall–Kier alpha value is -1.88. The zero-order valence-corrected chi connectivity index (χ0v) is 16.3. The van der Waals surface area contributed by atoms with Crippen molar-refractivity contribution in [2.75, 3.05) is 6.54 Å². The maximum absolute atomic E-state index is 5.74. The van der Waals surface area contributed by atoms with Crippen LogP contribution in [0.3, 0.4) is 0 Å². The molecule has 2 aromatic rings. The van der Waals surface area contributed by atoms with Crippen LogP contribution < -0.4 is 5.32 Å². The van der Waals surface area contributed by atoms with Crippen LogP contribution in [-0.2, 0) is 0 Å². The monoisotopic (exact) mass is 368 g/mol. The zero-order chi connectivity index (χ0) is 17.9. The molecule has 0 amide bonds. The molecule has 2 aromatic heterocycles. The molecule has 0 radical (unpaired) electrons. The summed E-state index contributed by atoms with van der Waals surface area (Å²) in [4.78, 5) is 7.03. The molecule has 5 heteroatoms. The van der Waals surface area contributed by atoms with E-state index in [2.05, 4.69) is 57.2 Å². The molecule has 2 atom stereocenters. The standard InChI is InChI=1S/C21H28N4S/c1-2-3-14-25-20(18-12-8-15-24(18)16-9-4-5-10-16)19(23-21(25)26)17-11-6-7-13-22-17/h6-8,11-13,15-16,19-20H,2-5,9-10,14H2,1H3,(H,23,26)/t19-,20+/m0/s1. The average Bonchev–Trinajstić information content (AvgIpc) is 3.40. The Labute approximate surface area is 161 Å². The molecule has 3 heterocycles. The van der Waals surface area contributed by atoms with Crippen molar-refractivity contribution in [3.05, 3.63) is 54.1 Å². The van der Waals surface area contributed by atoms with Gasteiger partial charge in [0, 0.05) is 30.7 Å². The highest BCUT2D eigenvalue weighted by Gasteiger charge is 2.41. The maximum Gasteiger partial charge on any atom is 0.170 e. The average molecular weight is 369 g/mol. The van der Waals surface area contributed by atoms with Crippen LogP contribution in [0.5, 0.6) is 0 Å². The molecule has 1 aliphatic heterocycles. The van der Waals surface area contributed by atoms with Crippen LogP contribution in [0.1, 0.15) is 75.0 Å². The quantitative estimate of drug-likeness (QED) is 0.745. The number of unbranched alkanes of at least 4 members (excludes halogenated alkanes) is 1. The fourth-order valence-corrected chi connectivity index (χ4v) is 4.80. The Balaban J connectivity index is 1.72. The van der Waals surface area contributed by atoms with Gasteiger partial charge in [-0.15, -0.1) is 0 Å². The third-order valence-electron chi connectivity index (χ3n) is 5.78. The largest absolute Gasteiger partial charge is 0.352 e. The second kappa shape index (κ2) is 7.78. The van der Waals surface area contributed by atoms with E-state index in [1.807, 2.05) is 12.3 Å². The van der Waals surface area contributed by atoms with E-state index in [9.17, 15) is 0 Å². The summed E-state index contributed by atoms with van der Waals surface area (Å²) in [5, 5.41) is 4.43. The van der Waals surface area contributed by atoms with Gasteiger partial charge in [0.1, 0.15) is 0 Å². The molecule has 2 aliphatic rings.